The summed E-state index contributed by atoms with van der Waals surface area (Å²) in [5.74, 6) is -4.90. The zero-order chi connectivity index (χ0) is 17.1. The Labute approximate surface area is 134 Å². The maximum absolute atomic E-state index is 12.2. The zero-order valence-corrected chi connectivity index (χ0v) is 13.2. The summed E-state index contributed by atoms with van der Waals surface area (Å²) in [6.45, 7) is 3.63. The minimum absolute atomic E-state index is 0.128. The van der Waals surface area contributed by atoms with Gasteiger partial charge in [-0.05, 0) is 42.9 Å². The molecule has 0 heterocycles. The fourth-order valence-electron chi connectivity index (χ4n) is 3.44. The summed E-state index contributed by atoms with van der Waals surface area (Å²) >= 11 is 0. The first-order valence-electron chi connectivity index (χ1n) is 7.61. The molecule has 23 heavy (non-hydrogen) atoms. The third kappa shape index (κ3) is 3.88. The lowest BCUT2D eigenvalue weighted by atomic mass is 9.87. The second-order valence-corrected chi connectivity index (χ2v) is 6.29. The van der Waals surface area contributed by atoms with E-state index in [0.717, 1.165) is 5.56 Å². The topological polar surface area (TPSA) is 104 Å². The number of amides is 1. The van der Waals surface area contributed by atoms with Crippen LogP contribution in [0, 0.1) is 30.6 Å². The molecule has 0 bridgehead atoms. The standard InChI is InChI=1S/C17H21NO5/c1-9-4-3-5-12(6-9)18-14(19)8-11-7-13(16(20)21)15(10(11)2)17(22)23/h3-6,10-11,13,15H,7-8H2,1-2H3,(H,18,19)(H,20,21)(H,22,23). The van der Waals surface area contributed by atoms with E-state index in [4.69, 9.17) is 0 Å². The van der Waals surface area contributed by atoms with E-state index in [2.05, 4.69) is 5.32 Å². The molecule has 1 aliphatic carbocycles. The van der Waals surface area contributed by atoms with Crippen molar-refractivity contribution in [2.75, 3.05) is 5.32 Å². The number of aryl methyl sites for hydroxylation is 1. The van der Waals surface area contributed by atoms with Gasteiger partial charge in [-0.25, -0.2) is 0 Å². The van der Waals surface area contributed by atoms with E-state index in [1.54, 1.807) is 13.0 Å². The maximum Gasteiger partial charge on any atom is 0.307 e. The van der Waals surface area contributed by atoms with Crippen molar-refractivity contribution >= 4 is 23.5 Å². The van der Waals surface area contributed by atoms with Gasteiger partial charge in [-0.1, -0.05) is 19.1 Å². The first-order chi connectivity index (χ1) is 10.8. The lowest BCUT2D eigenvalue weighted by molar-refractivity contribution is -0.153. The second-order valence-electron chi connectivity index (χ2n) is 6.29. The van der Waals surface area contributed by atoms with Crippen LogP contribution in [-0.2, 0) is 14.4 Å². The molecule has 1 aromatic carbocycles. The zero-order valence-electron chi connectivity index (χ0n) is 13.2. The second kappa shape index (κ2) is 6.81. The number of nitrogens with one attached hydrogen (secondary N) is 1. The molecule has 0 aromatic heterocycles. The molecule has 6 nitrogen and oxygen atoms in total. The molecule has 2 rings (SSSR count). The maximum atomic E-state index is 12.2. The highest BCUT2D eigenvalue weighted by atomic mass is 16.4. The number of carboxylic acids is 2. The smallest absolute Gasteiger partial charge is 0.307 e. The largest absolute Gasteiger partial charge is 0.481 e. The average molecular weight is 319 g/mol. The molecule has 6 heteroatoms. The number of carbonyl (C=O) groups is 3. The van der Waals surface area contributed by atoms with Gasteiger partial charge >= 0.3 is 11.9 Å². The molecule has 0 saturated heterocycles. The van der Waals surface area contributed by atoms with Crippen LogP contribution in [0.15, 0.2) is 24.3 Å². The van der Waals surface area contributed by atoms with Crippen molar-refractivity contribution in [3.8, 4) is 0 Å². The Morgan fingerprint density at radius 3 is 2.43 bits per heavy atom. The minimum atomic E-state index is -1.11. The van der Waals surface area contributed by atoms with Crippen molar-refractivity contribution in [3.63, 3.8) is 0 Å². The van der Waals surface area contributed by atoms with E-state index in [-0.39, 0.29) is 30.6 Å². The van der Waals surface area contributed by atoms with Gasteiger partial charge in [0.2, 0.25) is 5.91 Å². The number of rotatable bonds is 5. The number of aliphatic carboxylic acids is 2. The molecule has 1 fully saturated rings. The first-order valence-corrected chi connectivity index (χ1v) is 7.61. The van der Waals surface area contributed by atoms with Crippen LogP contribution < -0.4 is 5.32 Å². The highest BCUT2D eigenvalue weighted by molar-refractivity contribution is 5.91. The van der Waals surface area contributed by atoms with E-state index in [0.29, 0.717) is 5.69 Å². The third-order valence-electron chi connectivity index (χ3n) is 4.65. The van der Waals surface area contributed by atoms with Gasteiger partial charge in [-0.3, -0.25) is 14.4 Å². The van der Waals surface area contributed by atoms with Crippen molar-refractivity contribution in [2.45, 2.75) is 26.7 Å². The van der Waals surface area contributed by atoms with Gasteiger partial charge in [-0.15, -0.1) is 0 Å². The van der Waals surface area contributed by atoms with Crippen LogP contribution in [0.1, 0.15) is 25.3 Å². The third-order valence-corrected chi connectivity index (χ3v) is 4.65. The van der Waals surface area contributed by atoms with Gasteiger partial charge in [0.1, 0.15) is 0 Å². The predicted octanol–water partition coefficient (Wildman–Crippen LogP) is 2.38. The van der Waals surface area contributed by atoms with Crippen molar-refractivity contribution in [2.24, 2.45) is 23.7 Å². The van der Waals surface area contributed by atoms with Crippen LogP contribution >= 0.6 is 0 Å². The minimum Gasteiger partial charge on any atom is -0.481 e. The molecule has 4 unspecified atom stereocenters. The van der Waals surface area contributed by atoms with E-state index in [1.807, 2.05) is 25.1 Å². The van der Waals surface area contributed by atoms with Crippen molar-refractivity contribution < 1.29 is 24.6 Å². The number of hydrogen-bond donors (Lipinski definition) is 3. The van der Waals surface area contributed by atoms with Gasteiger partial charge in [0.25, 0.3) is 0 Å². The van der Waals surface area contributed by atoms with E-state index in [1.165, 1.54) is 0 Å². The fourth-order valence-corrected chi connectivity index (χ4v) is 3.44. The molecular formula is C17H21NO5. The van der Waals surface area contributed by atoms with E-state index < -0.39 is 23.8 Å². The van der Waals surface area contributed by atoms with Crippen LogP contribution in [0.4, 0.5) is 5.69 Å². The lowest BCUT2D eigenvalue weighted by Gasteiger charge is -2.18. The Balaban J connectivity index is 2.03. The monoisotopic (exact) mass is 319 g/mol. The van der Waals surface area contributed by atoms with Crippen LogP contribution in [-0.4, -0.2) is 28.1 Å². The van der Waals surface area contributed by atoms with Crippen LogP contribution in [0.5, 0.6) is 0 Å². The molecule has 0 spiro atoms. The summed E-state index contributed by atoms with van der Waals surface area (Å²) in [5, 5.41) is 21.2. The summed E-state index contributed by atoms with van der Waals surface area (Å²) < 4.78 is 0. The van der Waals surface area contributed by atoms with Gasteiger partial charge < -0.3 is 15.5 Å². The summed E-state index contributed by atoms with van der Waals surface area (Å²) in [7, 11) is 0. The van der Waals surface area contributed by atoms with Crippen LogP contribution in [0.3, 0.4) is 0 Å². The lowest BCUT2D eigenvalue weighted by Crippen LogP contribution is -2.29. The number of carbonyl (C=O) groups excluding carboxylic acids is 1. The Hall–Kier alpha value is -2.37. The normalized spacial score (nSPS) is 26.7. The molecule has 1 amide bonds. The number of anilines is 1. The van der Waals surface area contributed by atoms with Gasteiger partial charge in [0.05, 0.1) is 11.8 Å². The SMILES string of the molecule is Cc1cccc(NC(=O)CC2CC(C(=O)O)C(C(=O)O)C2C)c1. The van der Waals surface area contributed by atoms with Crippen molar-refractivity contribution in [1.29, 1.82) is 0 Å². The Morgan fingerprint density at radius 1 is 1.22 bits per heavy atom. The predicted molar refractivity (Wildman–Crippen MR) is 83.9 cm³/mol. The Morgan fingerprint density at radius 2 is 1.91 bits per heavy atom. The van der Waals surface area contributed by atoms with Crippen LogP contribution in [0.25, 0.3) is 0 Å². The van der Waals surface area contributed by atoms with Gasteiger partial charge in [-0.2, -0.15) is 0 Å². The van der Waals surface area contributed by atoms with Crippen molar-refractivity contribution in [3.05, 3.63) is 29.8 Å². The number of hydrogen-bond acceptors (Lipinski definition) is 3. The van der Waals surface area contributed by atoms with Gasteiger partial charge in [0, 0.05) is 12.1 Å². The molecule has 1 aromatic rings. The molecule has 0 aliphatic heterocycles. The molecular weight excluding hydrogens is 298 g/mol. The first kappa shape index (κ1) is 17.0. The quantitative estimate of drug-likeness (QED) is 0.773. The molecule has 4 atom stereocenters. The number of benzene rings is 1. The Kier molecular flexibility index (Phi) is 5.03. The van der Waals surface area contributed by atoms with E-state index in [9.17, 15) is 24.6 Å². The summed E-state index contributed by atoms with van der Waals surface area (Å²) in [6, 6.07) is 7.38. The summed E-state index contributed by atoms with van der Waals surface area (Å²) in [5.41, 5.74) is 1.71. The average Bonchev–Trinajstić information content (AvgIpc) is 2.76. The summed E-state index contributed by atoms with van der Waals surface area (Å²) in [4.78, 5) is 34.8. The van der Waals surface area contributed by atoms with E-state index >= 15 is 0 Å². The Bertz CT molecular complexity index is 627. The molecule has 1 aliphatic rings. The highest BCUT2D eigenvalue weighted by Gasteiger charge is 2.48. The van der Waals surface area contributed by atoms with Crippen molar-refractivity contribution in [1.82, 2.24) is 0 Å². The van der Waals surface area contributed by atoms with Gasteiger partial charge in [0.15, 0.2) is 0 Å². The molecule has 124 valence electrons. The summed E-state index contributed by atoms with van der Waals surface area (Å²) in [6.07, 6.45) is 0.345. The fraction of sp³-hybridized carbons (Fsp3) is 0.471. The molecule has 0 radical (unpaired) electrons. The van der Waals surface area contributed by atoms with Crippen LogP contribution in [0.2, 0.25) is 0 Å². The molecule has 1 saturated carbocycles. The number of carboxylic acid groups (broad SMARTS) is 2. The molecule has 3 N–H and O–H groups in total. The highest BCUT2D eigenvalue weighted by Crippen LogP contribution is 2.43.